The quantitative estimate of drug-likeness (QED) is 0.0544. The summed E-state index contributed by atoms with van der Waals surface area (Å²) in [6.45, 7) is 9.54. The minimum atomic E-state index is 1.01. The zero-order valence-corrected chi connectivity index (χ0v) is 29.8. The molecule has 4 aliphatic rings. The lowest BCUT2D eigenvalue weighted by atomic mass is 10.0. The van der Waals surface area contributed by atoms with Gasteiger partial charge in [-0.2, -0.15) is 0 Å². The van der Waals surface area contributed by atoms with Crippen LogP contribution in [0.5, 0.6) is 0 Å². The topological polar surface area (TPSA) is 48.1 Å². The van der Waals surface area contributed by atoms with E-state index in [1.54, 1.807) is 38.5 Å². The average molecular weight is 617 g/mol. The summed E-state index contributed by atoms with van der Waals surface area (Å²) in [5, 5.41) is 14.2. The van der Waals surface area contributed by atoms with Gasteiger partial charge >= 0.3 is 0 Å². The summed E-state index contributed by atoms with van der Waals surface area (Å²) in [6, 6.07) is 0. The Hall–Kier alpha value is -0.160. The molecule has 4 heteroatoms. The maximum Gasteiger partial charge on any atom is -0.00205 e. The smallest absolute Gasteiger partial charge is 0.00205 e. The van der Waals surface area contributed by atoms with Gasteiger partial charge in [0.1, 0.15) is 0 Å². The number of rotatable bonds is 34. The van der Waals surface area contributed by atoms with Crippen LogP contribution in [-0.2, 0) is 0 Å². The zero-order valence-electron chi connectivity index (χ0n) is 29.8. The molecule has 0 bridgehead atoms. The van der Waals surface area contributed by atoms with Crippen molar-refractivity contribution in [3.63, 3.8) is 0 Å². The summed E-state index contributed by atoms with van der Waals surface area (Å²) >= 11 is 0. The van der Waals surface area contributed by atoms with Gasteiger partial charge in [0.25, 0.3) is 0 Å². The molecule has 0 atom stereocenters. The van der Waals surface area contributed by atoms with E-state index in [4.69, 9.17) is 0 Å². The van der Waals surface area contributed by atoms with Gasteiger partial charge in [0.05, 0.1) is 0 Å². The second-order valence-electron chi connectivity index (χ2n) is 15.6. The largest absolute Gasteiger partial charge is 0.317 e. The number of hydrogen-bond donors (Lipinski definition) is 4. The van der Waals surface area contributed by atoms with Crippen molar-refractivity contribution in [1.29, 1.82) is 0 Å². The molecular formula is C40H80N4. The van der Waals surface area contributed by atoms with Crippen molar-refractivity contribution in [1.82, 2.24) is 21.3 Å². The molecule has 0 aromatic rings. The van der Waals surface area contributed by atoms with Crippen LogP contribution in [0.25, 0.3) is 0 Å². The van der Waals surface area contributed by atoms with Gasteiger partial charge in [-0.1, -0.05) is 128 Å². The van der Waals surface area contributed by atoms with Crippen LogP contribution < -0.4 is 21.3 Å². The fourth-order valence-electron chi connectivity index (χ4n) is 6.48. The van der Waals surface area contributed by atoms with Crippen LogP contribution in [0.15, 0.2) is 0 Å². The Balaban J connectivity index is 0.000000240. The summed E-state index contributed by atoms with van der Waals surface area (Å²) in [6.07, 6.45) is 41.3. The predicted molar refractivity (Wildman–Crippen MR) is 195 cm³/mol. The molecule has 44 heavy (non-hydrogen) atoms. The Bertz CT molecular complexity index is 492. The van der Waals surface area contributed by atoms with Crippen LogP contribution >= 0.6 is 0 Å². The van der Waals surface area contributed by atoms with Crippen molar-refractivity contribution in [2.45, 2.75) is 180 Å². The standard InChI is InChI=1S/C22H42.C18H38N4/c1(3-5-7-9-11-13-15-21-17-18-21)2-4-6-8-10-12-14-16-22-19-20-22;1(9-19-11-3-13-21-15-17-5-6-17)2-10-20-12-4-14-22-16-18-7-8-18/h21-22H,1-20H2;17-22H,1-16H2. The van der Waals surface area contributed by atoms with Crippen LogP contribution in [0.3, 0.4) is 0 Å². The molecule has 0 heterocycles. The predicted octanol–water partition coefficient (Wildman–Crippen LogP) is 9.77. The van der Waals surface area contributed by atoms with Crippen LogP contribution in [-0.4, -0.2) is 52.4 Å². The van der Waals surface area contributed by atoms with Gasteiger partial charge in [-0.25, -0.2) is 0 Å². The molecule has 4 rings (SSSR count). The number of nitrogens with one attached hydrogen (secondary N) is 4. The molecule has 4 fully saturated rings. The molecule has 0 aliphatic heterocycles. The van der Waals surface area contributed by atoms with E-state index in [-0.39, 0.29) is 0 Å². The molecule has 0 saturated heterocycles. The molecule has 260 valence electrons. The lowest BCUT2D eigenvalue weighted by Crippen LogP contribution is -2.25. The molecule has 0 aromatic carbocycles. The van der Waals surface area contributed by atoms with Gasteiger partial charge in [-0.05, 0) is 127 Å². The maximum atomic E-state index is 3.55. The zero-order chi connectivity index (χ0) is 30.6. The minimum Gasteiger partial charge on any atom is -0.317 e. The second kappa shape index (κ2) is 27.9. The first kappa shape index (κ1) is 38.3. The lowest BCUT2D eigenvalue weighted by molar-refractivity contribution is 0.521. The van der Waals surface area contributed by atoms with Crippen molar-refractivity contribution in [3.05, 3.63) is 0 Å². The molecule has 0 unspecified atom stereocenters. The molecule has 0 spiro atoms. The van der Waals surface area contributed by atoms with E-state index in [1.807, 2.05) is 0 Å². The molecule has 0 amide bonds. The van der Waals surface area contributed by atoms with E-state index in [9.17, 15) is 0 Å². The third-order valence-electron chi connectivity index (χ3n) is 10.5. The van der Waals surface area contributed by atoms with Gasteiger partial charge in [-0.3, -0.25) is 0 Å². The fraction of sp³-hybridized carbons (Fsp3) is 1.00. The van der Waals surface area contributed by atoms with Gasteiger partial charge in [-0.15, -0.1) is 0 Å². The van der Waals surface area contributed by atoms with Crippen molar-refractivity contribution < 1.29 is 0 Å². The first-order valence-corrected chi connectivity index (χ1v) is 20.7. The third kappa shape index (κ3) is 28.1. The average Bonchev–Trinajstić information content (AvgIpc) is 3.83. The van der Waals surface area contributed by atoms with Gasteiger partial charge in [0, 0.05) is 0 Å². The normalized spacial score (nSPS) is 18.0. The summed E-state index contributed by atoms with van der Waals surface area (Å²) in [5.41, 5.74) is 0. The van der Waals surface area contributed by atoms with E-state index in [2.05, 4.69) is 21.3 Å². The SMILES string of the molecule is C(CCCCCCCCC1CC1)CCCCCCCC1CC1.C(CCNCCCNCC1CC1)CNCCCNCC1CC1. The van der Waals surface area contributed by atoms with E-state index in [1.165, 1.54) is 181 Å². The fourth-order valence-corrected chi connectivity index (χ4v) is 6.48. The highest BCUT2D eigenvalue weighted by atomic mass is 14.9. The Labute approximate surface area is 276 Å². The monoisotopic (exact) mass is 617 g/mol. The highest BCUT2D eigenvalue weighted by molar-refractivity contribution is 4.76. The first-order valence-electron chi connectivity index (χ1n) is 20.7. The summed E-state index contributed by atoms with van der Waals surface area (Å²) < 4.78 is 0. The second-order valence-corrected chi connectivity index (χ2v) is 15.6. The van der Waals surface area contributed by atoms with Gasteiger partial charge in [0.15, 0.2) is 0 Å². The van der Waals surface area contributed by atoms with Crippen molar-refractivity contribution in [2.24, 2.45) is 23.7 Å². The van der Waals surface area contributed by atoms with Crippen molar-refractivity contribution in [2.75, 3.05) is 52.4 Å². The van der Waals surface area contributed by atoms with Gasteiger partial charge < -0.3 is 21.3 Å². The van der Waals surface area contributed by atoms with E-state index < -0.39 is 0 Å². The minimum absolute atomic E-state index is 1.01. The van der Waals surface area contributed by atoms with Crippen LogP contribution in [0, 0.1) is 23.7 Å². The third-order valence-corrected chi connectivity index (χ3v) is 10.5. The van der Waals surface area contributed by atoms with Crippen LogP contribution in [0.2, 0.25) is 0 Å². The maximum absolute atomic E-state index is 3.55. The van der Waals surface area contributed by atoms with Crippen LogP contribution in [0.1, 0.15) is 180 Å². The number of hydrogen-bond acceptors (Lipinski definition) is 4. The molecular weight excluding hydrogens is 536 g/mol. The van der Waals surface area contributed by atoms with E-state index in [0.717, 1.165) is 36.8 Å². The Morgan fingerprint density at radius 2 is 0.523 bits per heavy atom. The van der Waals surface area contributed by atoms with Crippen LogP contribution in [0.4, 0.5) is 0 Å². The molecule has 0 radical (unpaired) electrons. The van der Waals surface area contributed by atoms with E-state index in [0.29, 0.717) is 0 Å². The summed E-state index contributed by atoms with van der Waals surface area (Å²) in [4.78, 5) is 0. The Morgan fingerprint density at radius 3 is 0.841 bits per heavy atom. The molecule has 0 aromatic heterocycles. The first-order chi connectivity index (χ1) is 21.9. The highest BCUT2D eigenvalue weighted by Crippen LogP contribution is 2.35. The summed E-state index contributed by atoms with van der Waals surface area (Å²) in [7, 11) is 0. The number of unbranched alkanes of at least 4 members (excludes halogenated alkanes) is 14. The molecule has 4 nitrogen and oxygen atoms in total. The van der Waals surface area contributed by atoms with Crippen molar-refractivity contribution in [3.8, 4) is 0 Å². The summed E-state index contributed by atoms with van der Waals surface area (Å²) in [5.74, 6) is 4.32. The Kier molecular flexibility index (Phi) is 24.3. The lowest BCUT2D eigenvalue weighted by Gasteiger charge is -2.07. The van der Waals surface area contributed by atoms with Crippen molar-refractivity contribution >= 4 is 0 Å². The Morgan fingerprint density at radius 1 is 0.250 bits per heavy atom. The highest BCUT2D eigenvalue weighted by Gasteiger charge is 2.21. The molecule has 4 saturated carbocycles. The van der Waals surface area contributed by atoms with Gasteiger partial charge in [0.2, 0.25) is 0 Å². The van der Waals surface area contributed by atoms with E-state index >= 15 is 0 Å². The molecule has 4 N–H and O–H groups in total. The molecule has 4 aliphatic carbocycles.